The zero-order valence-electron chi connectivity index (χ0n) is 15.6. The van der Waals surface area contributed by atoms with Crippen LogP contribution in [0.2, 0.25) is 5.02 Å². The van der Waals surface area contributed by atoms with Crippen molar-refractivity contribution in [3.05, 3.63) is 65.1 Å². The second kappa shape index (κ2) is 8.58. The highest BCUT2D eigenvalue weighted by atomic mass is 35.5. The van der Waals surface area contributed by atoms with Crippen molar-refractivity contribution >= 4 is 34.7 Å². The number of benzene rings is 2. The summed E-state index contributed by atoms with van der Waals surface area (Å²) >= 11 is 6.14. The molecule has 0 atom stereocenters. The minimum absolute atomic E-state index is 0.220. The monoisotopic (exact) mass is 398 g/mol. The van der Waals surface area contributed by atoms with E-state index in [0.29, 0.717) is 33.7 Å². The van der Waals surface area contributed by atoms with E-state index in [1.54, 1.807) is 50.6 Å². The average molecular weight is 399 g/mol. The van der Waals surface area contributed by atoms with Crippen molar-refractivity contribution in [1.29, 1.82) is 0 Å². The lowest BCUT2D eigenvalue weighted by Crippen LogP contribution is -2.14. The van der Waals surface area contributed by atoms with Gasteiger partial charge in [0.25, 0.3) is 5.91 Å². The standard InChI is InChI=1S/C20H19ClN4O3/c1-12-8-16(18(28-3)9-15(12)21)25-19-10-17(22-11-23-19)20(26)24-13-4-6-14(27-2)7-5-13/h4-11H,1-3H3,(H,24,26)(H,22,23,25). The zero-order chi connectivity index (χ0) is 20.1. The third-order valence-electron chi connectivity index (χ3n) is 3.99. The quantitative estimate of drug-likeness (QED) is 0.638. The molecule has 0 saturated carbocycles. The van der Waals surface area contributed by atoms with Gasteiger partial charge in [0.05, 0.1) is 19.9 Å². The van der Waals surface area contributed by atoms with E-state index in [1.807, 2.05) is 13.0 Å². The number of rotatable bonds is 6. The fraction of sp³-hybridized carbons (Fsp3) is 0.150. The van der Waals surface area contributed by atoms with E-state index in [1.165, 1.54) is 6.33 Å². The molecule has 2 aromatic carbocycles. The van der Waals surface area contributed by atoms with E-state index in [-0.39, 0.29) is 11.6 Å². The Morgan fingerprint density at radius 3 is 2.46 bits per heavy atom. The SMILES string of the molecule is COc1ccc(NC(=O)c2cc(Nc3cc(C)c(Cl)cc3OC)ncn2)cc1. The molecule has 3 rings (SSSR count). The van der Waals surface area contributed by atoms with Crippen molar-refractivity contribution in [1.82, 2.24) is 9.97 Å². The highest BCUT2D eigenvalue weighted by Gasteiger charge is 2.12. The summed E-state index contributed by atoms with van der Waals surface area (Å²) in [5, 5.41) is 6.52. The summed E-state index contributed by atoms with van der Waals surface area (Å²) in [7, 11) is 3.14. The average Bonchev–Trinajstić information content (AvgIpc) is 2.71. The van der Waals surface area contributed by atoms with Gasteiger partial charge >= 0.3 is 0 Å². The van der Waals surface area contributed by atoms with Crippen LogP contribution in [0.15, 0.2) is 48.8 Å². The van der Waals surface area contributed by atoms with Gasteiger partial charge in [-0.1, -0.05) is 11.6 Å². The van der Waals surface area contributed by atoms with Gasteiger partial charge in [-0.2, -0.15) is 0 Å². The number of nitrogens with one attached hydrogen (secondary N) is 2. The summed E-state index contributed by atoms with van der Waals surface area (Å²) < 4.78 is 10.5. The highest BCUT2D eigenvalue weighted by Crippen LogP contribution is 2.32. The molecule has 0 aliphatic rings. The number of amides is 1. The van der Waals surface area contributed by atoms with Gasteiger partial charge in [0.1, 0.15) is 29.3 Å². The van der Waals surface area contributed by atoms with Crippen molar-refractivity contribution < 1.29 is 14.3 Å². The van der Waals surface area contributed by atoms with Gasteiger partial charge in [0.15, 0.2) is 0 Å². The maximum Gasteiger partial charge on any atom is 0.274 e. The first kappa shape index (κ1) is 19.4. The van der Waals surface area contributed by atoms with Crippen molar-refractivity contribution in [2.45, 2.75) is 6.92 Å². The van der Waals surface area contributed by atoms with Gasteiger partial charge in [0.2, 0.25) is 0 Å². The molecular formula is C20H19ClN4O3. The molecule has 0 saturated heterocycles. The smallest absolute Gasteiger partial charge is 0.274 e. The first-order valence-corrected chi connectivity index (χ1v) is 8.76. The van der Waals surface area contributed by atoms with E-state index in [0.717, 1.165) is 5.56 Å². The largest absolute Gasteiger partial charge is 0.497 e. The normalized spacial score (nSPS) is 10.3. The van der Waals surface area contributed by atoms with Crippen LogP contribution in [-0.2, 0) is 0 Å². The fourth-order valence-electron chi connectivity index (χ4n) is 2.49. The summed E-state index contributed by atoms with van der Waals surface area (Å²) in [6.45, 7) is 1.89. The molecule has 7 nitrogen and oxygen atoms in total. The molecule has 1 aromatic heterocycles. The van der Waals surface area contributed by atoms with E-state index in [2.05, 4.69) is 20.6 Å². The van der Waals surface area contributed by atoms with Crippen molar-refractivity contribution in [2.24, 2.45) is 0 Å². The van der Waals surface area contributed by atoms with Gasteiger partial charge in [-0.3, -0.25) is 4.79 Å². The number of ether oxygens (including phenoxy) is 2. The number of nitrogens with zero attached hydrogens (tertiary/aromatic N) is 2. The van der Waals surface area contributed by atoms with E-state index >= 15 is 0 Å². The second-order valence-electron chi connectivity index (χ2n) is 5.90. The molecule has 144 valence electrons. The molecular weight excluding hydrogens is 380 g/mol. The molecule has 0 radical (unpaired) electrons. The van der Waals surface area contributed by atoms with Gasteiger partial charge in [0, 0.05) is 22.8 Å². The number of methoxy groups -OCH3 is 2. The number of hydrogen-bond donors (Lipinski definition) is 2. The van der Waals surface area contributed by atoms with Gasteiger partial charge < -0.3 is 20.1 Å². The van der Waals surface area contributed by atoms with Crippen LogP contribution in [0.3, 0.4) is 0 Å². The number of carbonyl (C=O) groups is 1. The number of halogens is 1. The van der Waals surface area contributed by atoms with Crippen molar-refractivity contribution in [2.75, 3.05) is 24.9 Å². The third kappa shape index (κ3) is 4.50. The number of aromatic nitrogens is 2. The Balaban J connectivity index is 1.78. The molecule has 1 amide bonds. The molecule has 8 heteroatoms. The lowest BCUT2D eigenvalue weighted by atomic mass is 10.2. The fourth-order valence-corrected chi connectivity index (χ4v) is 2.64. The highest BCUT2D eigenvalue weighted by molar-refractivity contribution is 6.31. The Morgan fingerprint density at radius 1 is 1.04 bits per heavy atom. The van der Waals surface area contributed by atoms with E-state index in [4.69, 9.17) is 21.1 Å². The molecule has 0 bridgehead atoms. The molecule has 0 unspecified atom stereocenters. The van der Waals surface area contributed by atoms with Gasteiger partial charge in [-0.15, -0.1) is 0 Å². The van der Waals surface area contributed by atoms with Crippen LogP contribution in [0.4, 0.5) is 17.2 Å². The van der Waals surface area contributed by atoms with Crippen molar-refractivity contribution in [3.8, 4) is 11.5 Å². The minimum atomic E-state index is -0.352. The Labute approximate surface area is 167 Å². The topological polar surface area (TPSA) is 85.4 Å². The van der Waals surface area contributed by atoms with Gasteiger partial charge in [-0.05, 0) is 42.8 Å². The summed E-state index contributed by atoms with van der Waals surface area (Å²) in [6.07, 6.45) is 1.32. The number of hydrogen-bond acceptors (Lipinski definition) is 6. The predicted octanol–water partition coefficient (Wildman–Crippen LogP) is 4.45. The van der Waals surface area contributed by atoms with Crippen LogP contribution in [0, 0.1) is 6.92 Å². The number of anilines is 3. The maximum atomic E-state index is 12.5. The summed E-state index contributed by atoms with van der Waals surface area (Å²) in [6, 6.07) is 12.1. The Kier molecular flexibility index (Phi) is 5.96. The summed E-state index contributed by atoms with van der Waals surface area (Å²) in [4.78, 5) is 20.7. The lowest BCUT2D eigenvalue weighted by Gasteiger charge is -2.13. The third-order valence-corrected chi connectivity index (χ3v) is 4.40. The maximum absolute atomic E-state index is 12.5. The summed E-state index contributed by atoms with van der Waals surface area (Å²) in [5.74, 6) is 1.38. The molecule has 0 fully saturated rings. The Morgan fingerprint density at radius 2 is 1.79 bits per heavy atom. The molecule has 0 aliphatic carbocycles. The summed E-state index contributed by atoms with van der Waals surface area (Å²) in [5.41, 5.74) is 2.42. The molecule has 2 N–H and O–H groups in total. The van der Waals surface area contributed by atoms with Crippen LogP contribution in [0.5, 0.6) is 11.5 Å². The Bertz CT molecular complexity index is 993. The first-order chi connectivity index (χ1) is 13.5. The molecule has 0 aliphatic heterocycles. The van der Waals surface area contributed by atoms with Crippen LogP contribution in [-0.4, -0.2) is 30.1 Å². The predicted molar refractivity (Wildman–Crippen MR) is 109 cm³/mol. The lowest BCUT2D eigenvalue weighted by molar-refractivity contribution is 0.102. The van der Waals surface area contributed by atoms with E-state index < -0.39 is 0 Å². The number of aryl methyl sites for hydroxylation is 1. The van der Waals surface area contributed by atoms with Crippen LogP contribution < -0.4 is 20.1 Å². The Hall–Kier alpha value is -3.32. The molecule has 0 spiro atoms. The van der Waals surface area contributed by atoms with E-state index in [9.17, 15) is 4.79 Å². The molecule has 3 aromatic rings. The minimum Gasteiger partial charge on any atom is -0.497 e. The van der Waals surface area contributed by atoms with Crippen LogP contribution >= 0.6 is 11.6 Å². The van der Waals surface area contributed by atoms with Gasteiger partial charge in [-0.25, -0.2) is 9.97 Å². The van der Waals surface area contributed by atoms with Crippen molar-refractivity contribution in [3.63, 3.8) is 0 Å². The second-order valence-corrected chi connectivity index (χ2v) is 6.30. The number of carbonyl (C=O) groups excluding carboxylic acids is 1. The van der Waals surface area contributed by atoms with Crippen LogP contribution in [0.25, 0.3) is 0 Å². The molecule has 28 heavy (non-hydrogen) atoms. The molecule has 1 heterocycles. The first-order valence-electron chi connectivity index (χ1n) is 8.38. The zero-order valence-corrected chi connectivity index (χ0v) is 16.4. The van der Waals surface area contributed by atoms with Crippen LogP contribution in [0.1, 0.15) is 16.1 Å².